The zero-order chi connectivity index (χ0) is 14.2. The van der Waals surface area contributed by atoms with Gasteiger partial charge in [0.1, 0.15) is 6.54 Å². The number of rotatable bonds is 7. The highest BCUT2D eigenvalue weighted by atomic mass is 32.2. The molecular weight excluding hydrogens is 273 g/mol. The van der Waals surface area contributed by atoms with Gasteiger partial charge in [0, 0.05) is 18.8 Å². The third kappa shape index (κ3) is 8.74. The summed E-state index contributed by atoms with van der Waals surface area (Å²) in [5, 5.41) is 10.7. The van der Waals surface area contributed by atoms with Crippen LogP contribution in [0.15, 0.2) is 12.7 Å². The number of carboxylic acid groups (broad SMARTS) is 1. The van der Waals surface area contributed by atoms with E-state index in [0.717, 1.165) is 4.90 Å². The summed E-state index contributed by atoms with van der Waals surface area (Å²) in [7, 11) is 0. The maximum atomic E-state index is 11.8. The first-order valence-electron chi connectivity index (χ1n) is 4.82. The van der Waals surface area contributed by atoms with Gasteiger partial charge in [0.2, 0.25) is 0 Å². The number of urea groups is 1. The summed E-state index contributed by atoms with van der Waals surface area (Å²) in [5.74, 6) is -1.54. The fourth-order valence-corrected chi connectivity index (χ4v) is 1.41. The van der Waals surface area contributed by atoms with E-state index in [1.807, 2.05) is 0 Å². The second-order valence-electron chi connectivity index (χ2n) is 3.09. The van der Waals surface area contributed by atoms with Gasteiger partial charge in [-0.15, -0.1) is 6.58 Å². The Balaban J connectivity index is 4.03. The number of aliphatic carboxylic acids is 1. The number of carbonyl (C=O) groups is 2. The smallest absolute Gasteiger partial charge is 0.441 e. The molecule has 2 N–H and O–H groups in total. The van der Waals surface area contributed by atoms with Gasteiger partial charge in [-0.1, -0.05) is 6.08 Å². The van der Waals surface area contributed by atoms with Gasteiger partial charge in [-0.3, -0.25) is 4.79 Å². The molecule has 0 aliphatic rings. The van der Waals surface area contributed by atoms with Gasteiger partial charge in [-0.25, -0.2) is 4.79 Å². The Morgan fingerprint density at radius 2 is 2.06 bits per heavy atom. The van der Waals surface area contributed by atoms with Gasteiger partial charge in [0.05, 0.1) is 0 Å². The van der Waals surface area contributed by atoms with Crippen molar-refractivity contribution in [1.82, 2.24) is 10.2 Å². The zero-order valence-electron chi connectivity index (χ0n) is 9.37. The first-order valence-corrected chi connectivity index (χ1v) is 5.81. The fourth-order valence-electron chi connectivity index (χ4n) is 0.975. The fraction of sp³-hybridized carbons (Fsp3) is 0.556. The number of hydrogen-bond donors (Lipinski definition) is 2. The van der Waals surface area contributed by atoms with Crippen LogP contribution in [0.3, 0.4) is 0 Å². The number of alkyl halides is 3. The lowest BCUT2D eigenvalue weighted by atomic mass is 10.5. The molecule has 0 unspecified atom stereocenters. The number of hydrogen-bond acceptors (Lipinski definition) is 3. The monoisotopic (exact) mass is 286 g/mol. The average Bonchev–Trinajstić information content (AvgIpc) is 2.21. The molecule has 0 aromatic heterocycles. The van der Waals surface area contributed by atoms with Crippen molar-refractivity contribution in [2.75, 3.05) is 25.4 Å². The van der Waals surface area contributed by atoms with Crippen LogP contribution in [0.5, 0.6) is 0 Å². The van der Waals surface area contributed by atoms with Gasteiger partial charge >= 0.3 is 17.5 Å². The summed E-state index contributed by atoms with van der Waals surface area (Å²) in [6.07, 6.45) is 1.33. The Morgan fingerprint density at radius 3 is 2.50 bits per heavy atom. The molecule has 2 amide bonds. The summed E-state index contributed by atoms with van der Waals surface area (Å²) < 4.78 is 35.3. The minimum Gasteiger partial charge on any atom is -0.480 e. The van der Waals surface area contributed by atoms with E-state index in [9.17, 15) is 22.8 Å². The van der Waals surface area contributed by atoms with Crippen LogP contribution < -0.4 is 5.32 Å². The molecule has 0 aliphatic carbocycles. The average molecular weight is 286 g/mol. The van der Waals surface area contributed by atoms with Crippen LogP contribution in [0.1, 0.15) is 0 Å². The van der Waals surface area contributed by atoms with Crippen molar-refractivity contribution in [3.8, 4) is 0 Å². The molecule has 0 bridgehead atoms. The van der Waals surface area contributed by atoms with Crippen LogP contribution in [0.25, 0.3) is 0 Å². The lowest BCUT2D eigenvalue weighted by Gasteiger charge is -2.19. The van der Waals surface area contributed by atoms with Crippen molar-refractivity contribution >= 4 is 23.8 Å². The lowest BCUT2D eigenvalue weighted by Crippen LogP contribution is -2.43. The molecule has 0 radical (unpaired) electrons. The Morgan fingerprint density at radius 1 is 1.44 bits per heavy atom. The minimum atomic E-state index is -4.34. The van der Waals surface area contributed by atoms with Crippen LogP contribution in [-0.4, -0.2) is 52.9 Å². The van der Waals surface area contributed by atoms with Gasteiger partial charge < -0.3 is 15.3 Å². The van der Waals surface area contributed by atoms with E-state index >= 15 is 0 Å². The van der Waals surface area contributed by atoms with Crippen molar-refractivity contribution in [3.63, 3.8) is 0 Å². The van der Waals surface area contributed by atoms with Crippen molar-refractivity contribution in [2.24, 2.45) is 0 Å². The van der Waals surface area contributed by atoms with E-state index < -0.39 is 24.1 Å². The molecule has 18 heavy (non-hydrogen) atoms. The predicted molar refractivity (Wildman–Crippen MR) is 61.3 cm³/mol. The van der Waals surface area contributed by atoms with Crippen LogP contribution in [-0.2, 0) is 4.79 Å². The number of nitrogens with zero attached hydrogens (tertiary/aromatic N) is 1. The summed E-state index contributed by atoms with van der Waals surface area (Å²) in [5.41, 5.74) is -4.34. The van der Waals surface area contributed by atoms with E-state index in [2.05, 4.69) is 11.9 Å². The quantitative estimate of drug-likeness (QED) is 0.550. The number of carboxylic acids is 1. The molecule has 104 valence electrons. The second-order valence-corrected chi connectivity index (χ2v) is 4.25. The van der Waals surface area contributed by atoms with E-state index in [0.29, 0.717) is 0 Å². The lowest BCUT2D eigenvalue weighted by molar-refractivity contribution is -0.137. The Labute approximate surface area is 106 Å². The van der Waals surface area contributed by atoms with E-state index in [1.54, 1.807) is 0 Å². The van der Waals surface area contributed by atoms with Crippen LogP contribution >= 0.6 is 11.8 Å². The Kier molecular flexibility index (Phi) is 7.25. The Bertz CT molecular complexity index is 310. The zero-order valence-corrected chi connectivity index (χ0v) is 10.2. The third-order valence-electron chi connectivity index (χ3n) is 1.61. The molecule has 0 aromatic rings. The van der Waals surface area contributed by atoms with E-state index in [1.165, 1.54) is 6.08 Å². The summed E-state index contributed by atoms with van der Waals surface area (Å²) in [6.45, 7) is 2.62. The standard InChI is InChI=1S/C9H13F3N2O3S/c1-2-4-14(6-7(15)16)8(17)13-3-5-18-9(10,11)12/h2H,1,3-6H2,(H,13,17)(H,15,16). The maximum absolute atomic E-state index is 11.8. The molecule has 9 heteroatoms. The van der Waals surface area contributed by atoms with Gasteiger partial charge in [-0.2, -0.15) is 13.2 Å². The summed E-state index contributed by atoms with van der Waals surface area (Å²) >= 11 is -0.255. The molecule has 0 saturated carbocycles. The first-order chi connectivity index (χ1) is 8.26. The molecule has 0 fully saturated rings. The van der Waals surface area contributed by atoms with E-state index in [-0.39, 0.29) is 30.6 Å². The molecule has 0 heterocycles. The molecule has 0 aliphatic heterocycles. The SMILES string of the molecule is C=CCN(CC(=O)O)C(=O)NCCSC(F)(F)F. The largest absolute Gasteiger partial charge is 0.480 e. The van der Waals surface area contributed by atoms with Crippen molar-refractivity contribution < 1.29 is 27.9 Å². The number of thioether (sulfide) groups is 1. The number of nitrogens with one attached hydrogen (secondary N) is 1. The maximum Gasteiger partial charge on any atom is 0.441 e. The highest BCUT2D eigenvalue weighted by molar-refractivity contribution is 8.00. The molecule has 5 nitrogen and oxygen atoms in total. The van der Waals surface area contributed by atoms with Gasteiger partial charge in [0.15, 0.2) is 0 Å². The van der Waals surface area contributed by atoms with Crippen LogP contribution in [0.2, 0.25) is 0 Å². The predicted octanol–water partition coefficient (Wildman–Crippen LogP) is 1.52. The molecule has 0 saturated heterocycles. The molecule has 0 spiro atoms. The van der Waals surface area contributed by atoms with Gasteiger partial charge in [0.25, 0.3) is 0 Å². The molecular formula is C9H13F3N2O3S. The number of carbonyl (C=O) groups excluding carboxylic acids is 1. The van der Waals surface area contributed by atoms with Crippen molar-refractivity contribution in [3.05, 3.63) is 12.7 Å². The molecule has 0 aromatic carbocycles. The number of amides is 2. The highest BCUT2D eigenvalue weighted by Crippen LogP contribution is 2.29. The first kappa shape index (κ1) is 16.6. The second kappa shape index (κ2) is 7.85. The van der Waals surface area contributed by atoms with Gasteiger partial charge in [-0.05, 0) is 11.8 Å². The van der Waals surface area contributed by atoms with Crippen LogP contribution in [0.4, 0.5) is 18.0 Å². The molecule has 0 rings (SSSR count). The summed E-state index contributed by atoms with van der Waals surface area (Å²) in [6, 6.07) is -0.736. The van der Waals surface area contributed by atoms with Crippen molar-refractivity contribution in [1.29, 1.82) is 0 Å². The normalized spacial score (nSPS) is 10.8. The van der Waals surface area contributed by atoms with E-state index in [4.69, 9.17) is 5.11 Å². The van der Waals surface area contributed by atoms with Crippen LogP contribution in [0, 0.1) is 0 Å². The summed E-state index contributed by atoms with van der Waals surface area (Å²) in [4.78, 5) is 22.8. The minimum absolute atomic E-state index is 0.00451. The highest BCUT2D eigenvalue weighted by Gasteiger charge is 2.27. The number of halogens is 3. The third-order valence-corrected chi connectivity index (χ3v) is 2.34. The topological polar surface area (TPSA) is 69.6 Å². The molecule has 0 atom stereocenters. The van der Waals surface area contributed by atoms with Crippen molar-refractivity contribution in [2.45, 2.75) is 5.51 Å². The Hall–Kier alpha value is -1.38.